The molecule has 0 N–H and O–H groups in total. The van der Waals surface area contributed by atoms with Crippen LogP contribution in [0.15, 0.2) is 12.4 Å². The maximum Gasteiger partial charge on any atom is 0.151 e. The summed E-state index contributed by atoms with van der Waals surface area (Å²) in [5.41, 5.74) is 0. The summed E-state index contributed by atoms with van der Waals surface area (Å²) in [4.78, 5) is 4.00. The Morgan fingerprint density at radius 2 is 2.29 bits per heavy atom. The number of sulfone groups is 1. The Kier molecular flexibility index (Phi) is 3.95. The highest BCUT2D eigenvalue weighted by Gasteiger charge is 2.08. The van der Waals surface area contributed by atoms with Crippen LogP contribution < -0.4 is 0 Å². The van der Waals surface area contributed by atoms with Gasteiger partial charge >= 0.3 is 0 Å². The van der Waals surface area contributed by atoms with Gasteiger partial charge in [0.25, 0.3) is 0 Å². The van der Waals surface area contributed by atoms with Gasteiger partial charge in [-0.25, -0.2) is 13.4 Å². The molecule has 0 aliphatic carbocycles. The first kappa shape index (κ1) is 11.5. The lowest BCUT2D eigenvalue weighted by Crippen LogP contribution is -2.15. The van der Waals surface area contributed by atoms with E-state index in [1.165, 1.54) is 0 Å². The number of aromatic nitrogens is 2. The van der Waals surface area contributed by atoms with Crippen molar-refractivity contribution in [3.05, 3.63) is 18.2 Å². The zero-order valence-corrected chi connectivity index (χ0v) is 9.55. The van der Waals surface area contributed by atoms with E-state index in [2.05, 4.69) is 4.98 Å². The number of aryl methyl sites for hydroxylation is 1. The highest BCUT2D eigenvalue weighted by molar-refractivity contribution is 7.91. The molecule has 1 heterocycles. The van der Waals surface area contributed by atoms with Crippen LogP contribution in [0.2, 0.25) is 0 Å². The van der Waals surface area contributed by atoms with Gasteiger partial charge in [0.05, 0.1) is 11.6 Å². The summed E-state index contributed by atoms with van der Waals surface area (Å²) in [5, 5.41) is 0. The fourth-order valence-electron chi connectivity index (χ4n) is 1.06. The topological polar surface area (TPSA) is 52.0 Å². The maximum atomic E-state index is 11.2. The Hall–Kier alpha value is -0.550. The van der Waals surface area contributed by atoms with Crippen molar-refractivity contribution in [2.45, 2.75) is 19.3 Å². The molecule has 0 aliphatic heterocycles. The van der Waals surface area contributed by atoms with E-state index in [0.29, 0.717) is 18.2 Å². The van der Waals surface area contributed by atoms with E-state index in [1.54, 1.807) is 23.9 Å². The van der Waals surface area contributed by atoms with E-state index < -0.39 is 9.84 Å². The lowest BCUT2D eigenvalue weighted by atomic mass is 10.6. The number of rotatable bonds is 5. The van der Waals surface area contributed by atoms with Gasteiger partial charge in [-0.2, -0.15) is 0 Å². The van der Waals surface area contributed by atoms with Gasteiger partial charge in [-0.15, -0.1) is 11.6 Å². The summed E-state index contributed by atoms with van der Waals surface area (Å²) >= 11 is 5.62. The number of hydrogen-bond donors (Lipinski definition) is 0. The van der Waals surface area contributed by atoms with Crippen LogP contribution in [0.3, 0.4) is 0 Å². The Morgan fingerprint density at radius 1 is 1.57 bits per heavy atom. The largest absolute Gasteiger partial charge is 0.333 e. The molecule has 0 saturated heterocycles. The van der Waals surface area contributed by atoms with Gasteiger partial charge in [-0.1, -0.05) is 6.92 Å². The molecule has 0 aromatic carbocycles. The Labute approximate surface area is 88.8 Å². The van der Waals surface area contributed by atoms with Crippen LogP contribution in [0.25, 0.3) is 0 Å². The molecular formula is C8H13ClN2O2S. The third-order valence-electron chi connectivity index (χ3n) is 2.00. The second kappa shape index (κ2) is 4.79. The summed E-state index contributed by atoms with van der Waals surface area (Å²) < 4.78 is 24.2. The molecule has 1 aromatic rings. The first-order valence-corrected chi connectivity index (χ1v) is 6.71. The molecule has 1 aromatic heterocycles. The number of hydrogen-bond acceptors (Lipinski definition) is 3. The van der Waals surface area contributed by atoms with Gasteiger partial charge in [0.2, 0.25) is 0 Å². The van der Waals surface area contributed by atoms with Gasteiger partial charge in [0.15, 0.2) is 9.84 Å². The van der Waals surface area contributed by atoms with Crippen molar-refractivity contribution in [3.8, 4) is 0 Å². The lowest BCUT2D eigenvalue weighted by Gasteiger charge is -2.05. The lowest BCUT2D eigenvalue weighted by molar-refractivity contribution is 0.588. The summed E-state index contributed by atoms with van der Waals surface area (Å²) in [6.07, 6.45) is 3.36. The van der Waals surface area contributed by atoms with Gasteiger partial charge in [0.1, 0.15) is 5.82 Å². The average Bonchev–Trinajstić information content (AvgIpc) is 2.62. The molecule has 0 aliphatic rings. The summed E-state index contributed by atoms with van der Waals surface area (Å²) in [7, 11) is -2.91. The molecule has 1 rings (SSSR count). The van der Waals surface area contributed by atoms with Gasteiger partial charge < -0.3 is 4.57 Å². The molecule has 0 bridgehead atoms. The molecule has 0 unspecified atom stereocenters. The van der Waals surface area contributed by atoms with Crippen molar-refractivity contribution in [1.29, 1.82) is 0 Å². The number of nitrogens with zero attached hydrogens (tertiary/aromatic N) is 2. The van der Waals surface area contributed by atoms with Crippen LogP contribution in [0.4, 0.5) is 0 Å². The van der Waals surface area contributed by atoms with E-state index in [-0.39, 0.29) is 11.5 Å². The van der Waals surface area contributed by atoms with E-state index in [1.807, 2.05) is 0 Å². The fraction of sp³-hybridized carbons (Fsp3) is 0.625. The molecule has 6 heteroatoms. The Bertz CT molecular complexity index is 386. The van der Waals surface area contributed by atoms with Crippen LogP contribution in [0.1, 0.15) is 12.7 Å². The third-order valence-corrected chi connectivity index (χ3v) is 3.93. The van der Waals surface area contributed by atoms with E-state index in [0.717, 1.165) is 0 Å². The quantitative estimate of drug-likeness (QED) is 0.719. The van der Waals surface area contributed by atoms with Gasteiger partial charge in [0, 0.05) is 24.7 Å². The second-order valence-electron chi connectivity index (χ2n) is 2.91. The van der Waals surface area contributed by atoms with Crippen molar-refractivity contribution in [1.82, 2.24) is 9.55 Å². The predicted molar refractivity (Wildman–Crippen MR) is 56.1 cm³/mol. The van der Waals surface area contributed by atoms with Crippen LogP contribution in [-0.4, -0.2) is 29.5 Å². The minimum atomic E-state index is -2.91. The average molecular weight is 237 g/mol. The molecule has 14 heavy (non-hydrogen) atoms. The van der Waals surface area contributed by atoms with Crippen molar-refractivity contribution >= 4 is 21.4 Å². The summed E-state index contributed by atoms with van der Waals surface area (Å²) in [5.74, 6) is 1.33. The number of imidazole rings is 1. The maximum absolute atomic E-state index is 11.2. The van der Waals surface area contributed by atoms with E-state index >= 15 is 0 Å². The van der Waals surface area contributed by atoms with Crippen LogP contribution in [0.5, 0.6) is 0 Å². The minimum absolute atomic E-state index is 0.143. The Morgan fingerprint density at radius 3 is 2.86 bits per heavy atom. The minimum Gasteiger partial charge on any atom is -0.333 e. The highest BCUT2D eigenvalue weighted by Crippen LogP contribution is 2.02. The molecule has 0 amide bonds. The van der Waals surface area contributed by atoms with Crippen molar-refractivity contribution < 1.29 is 8.42 Å². The molecule has 0 radical (unpaired) electrons. The van der Waals surface area contributed by atoms with Crippen molar-refractivity contribution in [2.75, 3.05) is 11.5 Å². The zero-order chi connectivity index (χ0) is 10.6. The molecule has 0 spiro atoms. The first-order chi connectivity index (χ1) is 6.59. The Balaban J connectivity index is 2.62. The second-order valence-corrected chi connectivity index (χ2v) is 5.65. The van der Waals surface area contributed by atoms with Crippen LogP contribution >= 0.6 is 11.6 Å². The molecule has 0 fully saturated rings. The van der Waals surface area contributed by atoms with E-state index in [4.69, 9.17) is 11.6 Å². The summed E-state index contributed by atoms with van der Waals surface area (Å²) in [6, 6.07) is 0. The number of halogens is 1. The smallest absolute Gasteiger partial charge is 0.151 e. The zero-order valence-electron chi connectivity index (χ0n) is 7.98. The van der Waals surface area contributed by atoms with E-state index in [9.17, 15) is 8.42 Å². The third kappa shape index (κ3) is 2.99. The predicted octanol–water partition coefficient (Wildman–Crippen LogP) is 1.06. The molecule has 4 nitrogen and oxygen atoms in total. The van der Waals surface area contributed by atoms with Gasteiger partial charge in [-0.3, -0.25) is 0 Å². The monoisotopic (exact) mass is 236 g/mol. The standard InChI is InChI=1S/C8H13ClN2O2S/c1-2-14(12,13)6-5-11-4-3-10-8(11)7-9/h3-4H,2,5-7H2,1H3. The molecule has 80 valence electrons. The fourth-order valence-corrected chi connectivity index (χ4v) is 2.04. The SMILES string of the molecule is CCS(=O)(=O)CCn1ccnc1CCl. The van der Waals surface area contributed by atoms with Gasteiger partial charge in [-0.05, 0) is 0 Å². The number of alkyl halides is 1. The highest BCUT2D eigenvalue weighted by atomic mass is 35.5. The summed E-state index contributed by atoms with van der Waals surface area (Å²) in [6.45, 7) is 2.07. The first-order valence-electron chi connectivity index (χ1n) is 4.35. The van der Waals surface area contributed by atoms with Crippen LogP contribution in [0, 0.1) is 0 Å². The molecule has 0 atom stereocenters. The van der Waals surface area contributed by atoms with Crippen molar-refractivity contribution in [3.63, 3.8) is 0 Å². The molecular weight excluding hydrogens is 224 g/mol. The van der Waals surface area contributed by atoms with Crippen molar-refractivity contribution in [2.24, 2.45) is 0 Å². The molecule has 0 saturated carbocycles. The normalized spacial score (nSPS) is 11.9. The van der Waals surface area contributed by atoms with Crippen LogP contribution in [-0.2, 0) is 22.3 Å².